The van der Waals surface area contributed by atoms with Crippen LogP contribution in [0.4, 0.5) is 13.2 Å². The van der Waals surface area contributed by atoms with Gasteiger partial charge in [0.1, 0.15) is 0 Å². The van der Waals surface area contributed by atoms with E-state index in [1.54, 1.807) is 6.07 Å². The molecule has 1 N–H and O–H groups in total. The summed E-state index contributed by atoms with van der Waals surface area (Å²) in [6.45, 7) is 1.45. The van der Waals surface area contributed by atoms with Crippen LogP contribution in [0.25, 0.3) is 0 Å². The average Bonchev–Trinajstić information content (AvgIpc) is 2.27. The summed E-state index contributed by atoms with van der Waals surface area (Å²) in [5.41, 5.74) is -1.04. The first-order valence-electron chi connectivity index (χ1n) is 5.23. The zero-order valence-electron chi connectivity index (χ0n) is 9.90. The van der Waals surface area contributed by atoms with Crippen LogP contribution in [-0.4, -0.2) is 14.5 Å². The van der Waals surface area contributed by atoms with E-state index in [1.165, 1.54) is 6.92 Å². The van der Waals surface area contributed by atoms with Crippen molar-refractivity contribution in [3.8, 4) is 6.07 Å². The van der Waals surface area contributed by atoms with Gasteiger partial charge in [-0.3, -0.25) is 0 Å². The maximum Gasteiger partial charge on any atom is 0.416 e. The summed E-state index contributed by atoms with van der Waals surface area (Å²) in [5, 5.41) is 8.42. The number of alkyl halides is 3. The second kappa shape index (κ2) is 5.59. The molecule has 1 rings (SSSR count). The number of hydrogen-bond acceptors (Lipinski definition) is 3. The van der Waals surface area contributed by atoms with Gasteiger partial charge in [-0.15, -0.1) is 0 Å². The average molecular weight is 292 g/mol. The van der Waals surface area contributed by atoms with Gasteiger partial charge in [0.15, 0.2) is 0 Å². The molecule has 0 aliphatic rings. The summed E-state index contributed by atoms with van der Waals surface area (Å²) >= 11 is 0. The molecule has 8 heteroatoms. The molecule has 0 amide bonds. The highest BCUT2D eigenvalue weighted by Gasteiger charge is 2.31. The van der Waals surface area contributed by atoms with E-state index in [-0.39, 0.29) is 6.42 Å². The van der Waals surface area contributed by atoms with Crippen molar-refractivity contribution in [3.05, 3.63) is 29.8 Å². The predicted octanol–water partition coefficient (Wildman–Crippen LogP) is 2.29. The minimum absolute atomic E-state index is 0.0712. The van der Waals surface area contributed by atoms with E-state index in [4.69, 9.17) is 5.26 Å². The zero-order chi connectivity index (χ0) is 14.7. The van der Waals surface area contributed by atoms with Crippen molar-refractivity contribution in [2.24, 2.45) is 0 Å². The Balaban J connectivity index is 3.06. The van der Waals surface area contributed by atoms with Crippen molar-refractivity contribution in [1.82, 2.24) is 4.72 Å². The van der Waals surface area contributed by atoms with Gasteiger partial charge in [-0.05, 0) is 25.1 Å². The molecule has 4 nitrogen and oxygen atoms in total. The highest BCUT2D eigenvalue weighted by atomic mass is 32.2. The van der Waals surface area contributed by atoms with Gasteiger partial charge < -0.3 is 0 Å². The van der Waals surface area contributed by atoms with Gasteiger partial charge in [0.2, 0.25) is 10.0 Å². The van der Waals surface area contributed by atoms with Gasteiger partial charge in [0, 0.05) is 6.04 Å². The van der Waals surface area contributed by atoms with Gasteiger partial charge in [-0.2, -0.15) is 18.4 Å². The minimum atomic E-state index is -4.61. The zero-order valence-corrected chi connectivity index (χ0v) is 10.7. The molecule has 104 valence electrons. The van der Waals surface area contributed by atoms with E-state index in [2.05, 4.69) is 4.72 Å². The number of sulfonamides is 1. The van der Waals surface area contributed by atoms with Crippen LogP contribution in [0.1, 0.15) is 18.9 Å². The Morgan fingerprint density at radius 1 is 1.42 bits per heavy atom. The summed E-state index contributed by atoms with van der Waals surface area (Å²) < 4.78 is 63.2. The lowest BCUT2D eigenvalue weighted by Gasteiger charge is -2.13. The maximum atomic E-state index is 12.5. The normalized spacial score (nSPS) is 13.8. The molecule has 0 spiro atoms. The van der Waals surface area contributed by atoms with Crippen LogP contribution >= 0.6 is 0 Å². The predicted molar refractivity (Wildman–Crippen MR) is 61.5 cm³/mol. The van der Waals surface area contributed by atoms with Crippen molar-refractivity contribution in [2.75, 3.05) is 0 Å². The third-order valence-corrected chi connectivity index (χ3v) is 3.81. The van der Waals surface area contributed by atoms with E-state index in [0.29, 0.717) is 6.07 Å². The number of nitrogens with one attached hydrogen (secondary N) is 1. The van der Waals surface area contributed by atoms with E-state index in [0.717, 1.165) is 18.2 Å². The molecule has 1 aromatic carbocycles. The lowest BCUT2D eigenvalue weighted by molar-refractivity contribution is -0.137. The van der Waals surface area contributed by atoms with E-state index in [9.17, 15) is 21.6 Å². The monoisotopic (exact) mass is 292 g/mol. The highest BCUT2D eigenvalue weighted by Crippen LogP contribution is 2.30. The molecule has 0 heterocycles. The van der Waals surface area contributed by atoms with Crippen LogP contribution in [0.15, 0.2) is 29.2 Å². The molecular formula is C11H11F3N2O2S. The van der Waals surface area contributed by atoms with Gasteiger partial charge in [0.25, 0.3) is 0 Å². The molecule has 0 aliphatic heterocycles. The number of benzene rings is 1. The third-order valence-electron chi connectivity index (χ3n) is 2.23. The topological polar surface area (TPSA) is 70.0 Å². The van der Waals surface area contributed by atoms with Crippen molar-refractivity contribution < 1.29 is 21.6 Å². The Bertz CT molecular complexity index is 591. The number of nitrogens with zero attached hydrogens (tertiary/aromatic N) is 1. The van der Waals surface area contributed by atoms with Crippen LogP contribution in [-0.2, 0) is 16.2 Å². The van der Waals surface area contributed by atoms with E-state index < -0.39 is 32.7 Å². The Kier molecular flexibility index (Phi) is 4.55. The van der Waals surface area contributed by atoms with Gasteiger partial charge >= 0.3 is 6.18 Å². The molecule has 19 heavy (non-hydrogen) atoms. The van der Waals surface area contributed by atoms with E-state index >= 15 is 0 Å². The lowest BCUT2D eigenvalue weighted by atomic mass is 10.2. The number of hydrogen-bond donors (Lipinski definition) is 1. The standard InChI is InChI=1S/C11H11F3N2O2S/c1-8(5-6-15)16-19(17,18)10-4-2-3-9(7-10)11(12,13)14/h2-4,7-8,16H,5H2,1H3. The maximum absolute atomic E-state index is 12.5. The van der Waals surface area contributed by atoms with Crippen molar-refractivity contribution in [1.29, 1.82) is 5.26 Å². The van der Waals surface area contributed by atoms with Gasteiger partial charge in [-0.25, -0.2) is 13.1 Å². The van der Waals surface area contributed by atoms with Crippen LogP contribution in [0.5, 0.6) is 0 Å². The number of halogens is 3. The highest BCUT2D eigenvalue weighted by molar-refractivity contribution is 7.89. The van der Waals surface area contributed by atoms with Crippen LogP contribution < -0.4 is 4.72 Å². The summed E-state index contributed by atoms with van der Waals surface area (Å²) in [6.07, 6.45) is -4.68. The largest absolute Gasteiger partial charge is 0.416 e. The molecule has 0 fully saturated rings. The Labute approximate surface area is 108 Å². The fourth-order valence-electron chi connectivity index (χ4n) is 1.35. The van der Waals surface area contributed by atoms with Gasteiger partial charge in [-0.1, -0.05) is 6.07 Å². The van der Waals surface area contributed by atoms with Crippen molar-refractivity contribution in [2.45, 2.75) is 30.5 Å². The molecular weight excluding hydrogens is 281 g/mol. The van der Waals surface area contributed by atoms with Crippen molar-refractivity contribution >= 4 is 10.0 Å². The molecule has 0 radical (unpaired) electrons. The minimum Gasteiger partial charge on any atom is -0.207 e. The summed E-state index contributed by atoms with van der Waals surface area (Å²) in [6, 6.07) is 4.53. The fourth-order valence-corrected chi connectivity index (χ4v) is 2.64. The summed E-state index contributed by atoms with van der Waals surface area (Å²) in [4.78, 5) is -0.480. The van der Waals surface area contributed by atoms with E-state index in [1.807, 2.05) is 0 Å². The van der Waals surface area contributed by atoms with Crippen LogP contribution in [0.3, 0.4) is 0 Å². The lowest BCUT2D eigenvalue weighted by Crippen LogP contribution is -2.32. The molecule has 1 unspecified atom stereocenters. The molecule has 1 aromatic rings. The number of rotatable bonds is 4. The third kappa shape index (κ3) is 4.22. The second-order valence-electron chi connectivity index (χ2n) is 3.91. The van der Waals surface area contributed by atoms with Crippen LogP contribution in [0, 0.1) is 11.3 Å². The van der Waals surface area contributed by atoms with Gasteiger partial charge in [0.05, 0.1) is 22.9 Å². The molecule has 0 aliphatic carbocycles. The molecule has 0 aromatic heterocycles. The summed E-state index contributed by atoms with van der Waals surface area (Å²) in [5.74, 6) is 0. The number of nitriles is 1. The Hall–Kier alpha value is -1.59. The quantitative estimate of drug-likeness (QED) is 0.925. The molecule has 0 saturated carbocycles. The van der Waals surface area contributed by atoms with Crippen molar-refractivity contribution in [3.63, 3.8) is 0 Å². The van der Waals surface area contributed by atoms with Crippen LogP contribution in [0.2, 0.25) is 0 Å². The summed E-state index contributed by atoms with van der Waals surface area (Å²) in [7, 11) is -4.07. The fraction of sp³-hybridized carbons (Fsp3) is 0.364. The second-order valence-corrected chi connectivity index (χ2v) is 5.62. The molecule has 1 atom stereocenters. The first-order chi connectivity index (χ1) is 8.66. The SMILES string of the molecule is CC(CC#N)NS(=O)(=O)c1cccc(C(F)(F)F)c1. The smallest absolute Gasteiger partial charge is 0.207 e. The first-order valence-corrected chi connectivity index (χ1v) is 6.71. The first kappa shape index (κ1) is 15.5. The molecule has 0 saturated heterocycles. The Morgan fingerprint density at radius 2 is 2.05 bits per heavy atom. The molecule has 0 bridgehead atoms. The Morgan fingerprint density at radius 3 is 2.58 bits per heavy atom.